The van der Waals surface area contributed by atoms with E-state index in [0.29, 0.717) is 6.54 Å². The van der Waals surface area contributed by atoms with E-state index in [0.717, 1.165) is 37.8 Å². The number of benzene rings is 1. The van der Waals surface area contributed by atoms with Crippen molar-refractivity contribution >= 4 is 0 Å². The molecule has 2 N–H and O–H groups in total. The molecule has 0 amide bonds. The lowest BCUT2D eigenvalue weighted by Crippen LogP contribution is -2.37. The fraction of sp³-hybridized carbons (Fsp3) is 0.294. The van der Waals surface area contributed by atoms with E-state index in [2.05, 4.69) is 49.7 Å². The zero-order chi connectivity index (χ0) is 15.5. The second kappa shape index (κ2) is 6.36. The first kappa shape index (κ1) is 14.2. The maximum Gasteiger partial charge on any atom is 0.207 e. The van der Waals surface area contributed by atoms with Crippen LogP contribution in [0.5, 0.6) is 0 Å². The van der Waals surface area contributed by atoms with Crippen LogP contribution in [0.2, 0.25) is 0 Å². The summed E-state index contributed by atoms with van der Waals surface area (Å²) >= 11 is 0. The van der Waals surface area contributed by atoms with Gasteiger partial charge < -0.3 is 4.42 Å². The van der Waals surface area contributed by atoms with Crippen LogP contribution in [0.1, 0.15) is 17.1 Å². The fourth-order valence-corrected chi connectivity index (χ4v) is 2.98. The van der Waals surface area contributed by atoms with Crippen LogP contribution in [0.4, 0.5) is 0 Å². The molecule has 3 aromatic rings. The summed E-state index contributed by atoms with van der Waals surface area (Å²) in [4.78, 5) is 6.50. The highest BCUT2D eigenvalue weighted by molar-refractivity contribution is 5.64. The standard InChI is InChI=1S/C17H19N5O/c1-2-4-13(5-3-1)17-14-11-22(8-6-15(14)20-21-17)12-18-10-16-19-7-9-23-16/h1-5,7,9,18H,6,8,10-12H2,(H,20,21). The third-order valence-corrected chi connectivity index (χ3v) is 4.15. The molecule has 6 nitrogen and oxygen atoms in total. The van der Waals surface area contributed by atoms with Gasteiger partial charge >= 0.3 is 0 Å². The zero-order valence-electron chi connectivity index (χ0n) is 12.8. The molecule has 0 atom stereocenters. The minimum absolute atomic E-state index is 0.646. The molecule has 6 heteroatoms. The summed E-state index contributed by atoms with van der Waals surface area (Å²) in [5.74, 6) is 0.719. The lowest BCUT2D eigenvalue weighted by Gasteiger charge is -2.27. The van der Waals surface area contributed by atoms with Crippen molar-refractivity contribution in [3.05, 3.63) is 59.9 Å². The third-order valence-electron chi connectivity index (χ3n) is 4.15. The topological polar surface area (TPSA) is 70.0 Å². The second-order valence-corrected chi connectivity index (χ2v) is 5.71. The highest BCUT2D eigenvalue weighted by Gasteiger charge is 2.22. The minimum atomic E-state index is 0.646. The molecule has 118 valence electrons. The number of oxazole rings is 1. The Balaban J connectivity index is 1.43. The van der Waals surface area contributed by atoms with Gasteiger partial charge in [-0.2, -0.15) is 5.10 Å². The predicted octanol–water partition coefficient (Wildman–Crippen LogP) is 2.17. The van der Waals surface area contributed by atoms with Crippen LogP contribution >= 0.6 is 0 Å². The monoisotopic (exact) mass is 309 g/mol. The summed E-state index contributed by atoms with van der Waals surface area (Å²) in [6, 6.07) is 10.3. The van der Waals surface area contributed by atoms with Crippen LogP contribution in [0, 0.1) is 0 Å². The van der Waals surface area contributed by atoms with Crippen molar-refractivity contribution in [3.63, 3.8) is 0 Å². The van der Waals surface area contributed by atoms with E-state index in [4.69, 9.17) is 4.42 Å². The molecule has 23 heavy (non-hydrogen) atoms. The maximum atomic E-state index is 5.24. The van der Waals surface area contributed by atoms with E-state index in [1.165, 1.54) is 16.8 Å². The summed E-state index contributed by atoms with van der Waals surface area (Å²) < 4.78 is 5.24. The molecular weight excluding hydrogens is 290 g/mol. The summed E-state index contributed by atoms with van der Waals surface area (Å²) in [5, 5.41) is 11.1. The number of aromatic nitrogens is 3. The summed E-state index contributed by atoms with van der Waals surface area (Å²) in [6.07, 6.45) is 4.26. The summed E-state index contributed by atoms with van der Waals surface area (Å²) in [5.41, 5.74) is 4.80. The van der Waals surface area contributed by atoms with Gasteiger partial charge in [-0.15, -0.1) is 0 Å². The van der Waals surface area contributed by atoms with Crippen LogP contribution in [-0.4, -0.2) is 33.3 Å². The van der Waals surface area contributed by atoms with Crippen LogP contribution in [0.25, 0.3) is 11.3 Å². The van der Waals surface area contributed by atoms with Gasteiger partial charge in [0.1, 0.15) is 6.26 Å². The quantitative estimate of drug-likeness (QED) is 0.756. The molecule has 1 aromatic carbocycles. The molecule has 0 saturated carbocycles. The van der Waals surface area contributed by atoms with Crippen molar-refractivity contribution in [2.45, 2.75) is 19.5 Å². The Morgan fingerprint density at radius 1 is 1.26 bits per heavy atom. The molecule has 0 unspecified atom stereocenters. The Hall–Kier alpha value is -2.44. The number of nitrogens with one attached hydrogen (secondary N) is 2. The molecule has 0 spiro atoms. The highest BCUT2D eigenvalue weighted by atomic mass is 16.3. The largest absolute Gasteiger partial charge is 0.448 e. The minimum Gasteiger partial charge on any atom is -0.448 e. The van der Waals surface area contributed by atoms with E-state index in [-0.39, 0.29) is 0 Å². The molecule has 1 aliphatic rings. The number of nitrogens with zero attached hydrogens (tertiary/aromatic N) is 3. The van der Waals surface area contributed by atoms with E-state index in [1.54, 1.807) is 12.5 Å². The van der Waals surface area contributed by atoms with Crippen LogP contribution in [-0.2, 0) is 19.5 Å². The van der Waals surface area contributed by atoms with E-state index in [1.807, 2.05) is 6.07 Å². The van der Waals surface area contributed by atoms with Crippen molar-refractivity contribution in [1.29, 1.82) is 0 Å². The first-order chi connectivity index (χ1) is 11.4. The Morgan fingerprint density at radius 2 is 2.17 bits per heavy atom. The molecular formula is C17H19N5O. The Morgan fingerprint density at radius 3 is 3.00 bits per heavy atom. The summed E-state index contributed by atoms with van der Waals surface area (Å²) in [7, 11) is 0. The number of fused-ring (bicyclic) bond motifs is 1. The first-order valence-corrected chi connectivity index (χ1v) is 7.83. The van der Waals surface area contributed by atoms with Crippen LogP contribution < -0.4 is 5.32 Å². The van der Waals surface area contributed by atoms with Crippen molar-refractivity contribution < 1.29 is 4.42 Å². The normalized spacial score (nSPS) is 14.8. The Labute approximate surface area is 134 Å². The molecule has 0 radical (unpaired) electrons. The molecule has 4 rings (SSSR count). The second-order valence-electron chi connectivity index (χ2n) is 5.71. The Kier molecular flexibility index (Phi) is 3.92. The number of rotatable bonds is 5. The molecule has 3 heterocycles. The van der Waals surface area contributed by atoms with Crippen LogP contribution in [0.3, 0.4) is 0 Å². The van der Waals surface area contributed by atoms with Gasteiger partial charge in [-0.3, -0.25) is 15.3 Å². The van der Waals surface area contributed by atoms with Crippen molar-refractivity contribution in [1.82, 2.24) is 25.4 Å². The van der Waals surface area contributed by atoms with E-state index >= 15 is 0 Å². The van der Waals surface area contributed by atoms with Crippen molar-refractivity contribution in [2.24, 2.45) is 0 Å². The molecule has 0 aliphatic carbocycles. The zero-order valence-corrected chi connectivity index (χ0v) is 12.8. The number of hydrogen-bond donors (Lipinski definition) is 2. The van der Waals surface area contributed by atoms with Crippen LogP contribution in [0.15, 0.2) is 47.2 Å². The molecule has 1 aliphatic heterocycles. The molecule has 0 fully saturated rings. The number of aromatic amines is 1. The van der Waals surface area contributed by atoms with Gasteiger partial charge in [-0.05, 0) is 0 Å². The van der Waals surface area contributed by atoms with Gasteiger partial charge in [0.25, 0.3) is 0 Å². The van der Waals surface area contributed by atoms with Gasteiger partial charge in [0, 0.05) is 43.0 Å². The molecule has 0 saturated heterocycles. The lowest BCUT2D eigenvalue weighted by atomic mass is 10.0. The number of H-pyrrole nitrogens is 1. The van der Waals surface area contributed by atoms with Gasteiger partial charge in [0.2, 0.25) is 5.89 Å². The molecule has 2 aromatic heterocycles. The fourth-order valence-electron chi connectivity index (χ4n) is 2.98. The number of hydrogen-bond acceptors (Lipinski definition) is 5. The first-order valence-electron chi connectivity index (χ1n) is 7.83. The summed E-state index contributed by atoms with van der Waals surface area (Å²) in [6.45, 7) is 3.37. The van der Waals surface area contributed by atoms with Gasteiger partial charge in [0.15, 0.2) is 0 Å². The highest BCUT2D eigenvalue weighted by Crippen LogP contribution is 2.27. The van der Waals surface area contributed by atoms with E-state index < -0.39 is 0 Å². The average molecular weight is 309 g/mol. The predicted molar refractivity (Wildman–Crippen MR) is 86.3 cm³/mol. The third kappa shape index (κ3) is 3.04. The van der Waals surface area contributed by atoms with E-state index in [9.17, 15) is 0 Å². The maximum absolute atomic E-state index is 5.24. The van der Waals surface area contributed by atoms with Gasteiger partial charge in [-0.1, -0.05) is 30.3 Å². The van der Waals surface area contributed by atoms with Crippen molar-refractivity contribution in [2.75, 3.05) is 13.2 Å². The molecule has 0 bridgehead atoms. The van der Waals surface area contributed by atoms with Crippen molar-refractivity contribution in [3.8, 4) is 11.3 Å². The lowest BCUT2D eigenvalue weighted by molar-refractivity contribution is 0.229. The average Bonchev–Trinajstić information content (AvgIpc) is 3.25. The SMILES string of the molecule is c1ccc(-c2n[nH]c3c2CN(CNCc2ncco2)CC3)cc1. The van der Waals surface area contributed by atoms with Gasteiger partial charge in [-0.25, -0.2) is 4.98 Å². The van der Waals surface area contributed by atoms with Gasteiger partial charge in [0.05, 0.1) is 18.4 Å². The Bertz CT molecular complexity index is 751. The smallest absolute Gasteiger partial charge is 0.207 e.